The lowest BCUT2D eigenvalue weighted by atomic mass is 9.62. The Morgan fingerprint density at radius 3 is 2.45 bits per heavy atom. The quantitative estimate of drug-likeness (QED) is 0.424. The van der Waals surface area contributed by atoms with Crippen LogP contribution in [0, 0.1) is 10.8 Å². The average Bonchev–Trinajstić information content (AvgIpc) is 3.43. The van der Waals surface area contributed by atoms with Crippen LogP contribution in [0.3, 0.4) is 0 Å². The molecule has 2 atom stereocenters. The maximum atomic E-state index is 13.7. The van der Waals surface area contributed by atoms with Crippen molar-refractivity contribution in [1.82, 2.24) is 19.8 Å². The van der Waals surface area contributed by atoms with Crippen molar-refractivity contribution >= 4 is 12.0 Å². The maximum absolute atomic E-state index is 13.7. The summed E-state index contributed by atoms with van der Waals surface area (Å²) in [4.78, 5) is 32.3. The lowest BCUT2D eigenvalue weighted by Crippen LogP contribution is -2.52. The molecule has 5 aliphatic rings. The second-order valence-electron chi connectivity index (χ2n) is 13.8. The summed E-state index contributed by atoms with van der Waals surface area (Å²) in [6.45, 7) is 10.8. The van der Waals surface area contributed by atoms with Crippen molar-refractivity contribution in [2.45, 2.75) is 123 Å². The number of amides is 2. The molecular formula is C34H50N4O4. The van der Waals surface area contributed by atoms with Gasteiger partial charge in [-0.05, 0) is 89.5 Å². The predicted octanol–water partition coefficient (Wildman–Crippen LogP) is 6.48. The van der Waals surface area contributed by atoms with Crippen LogP contribution in [0.2, 0.25) is 0 Å². The van der Waals surface area contributed by atoms with Gasteiger partial charge in [-0.1, -0.05) is 44.5 Å². The van der Waals surface area contributed by atoms with Crippen LogP contribution in [0.1, 0.15) is 110 Å². The first-order chi connectivity index (χ1) is 20.1. The fraction of sp³-hybridized carbons (Fsp3) is 0.676. The van der Waals surface area contributed by atoms with Gasteiger partial charge >= 0.3 is 6.09 Å². The summed E-state index contributed by atoms with van der Waals surface area (Å²) in [6, 6.07) is 8.66. The lowest BCUT2D eigenvalue weighted by Gasteiger charge is -2.45. The molecule has 3 aliphatic carbocycles. The van der Waals surface area contributed by atoms with E-state index in [0.29, 0.717) is 19.5 Å². The van der Waals surface area contributed by atoms with Crippen LogP contribution in [0.25, 0.3) is 11.3 Å². The van der Waals surface area contributed by atoms with E-state index in [1.807, 2.05) is 47.1 Å². The average molecular weight is 579 g/mol. The highest BCUT2D eigenvalue weighted by Gasteiger charge is 2.53. The van der Waals surface area contributed by atoms with Gasteiger partial charge in [0.1, 0.15) is 5.60 Å². The number of carbonyl (C=O) groups excluding carboxylic acids is 2. The first-order valence-corrected chi connectivity index (χ1v) is 16.2. The molecule has 2 amide bonds. The summed E-state index contributed by atoms with van der Waals surface area (Å²) in [6.07, 6.45) is 11.6. The summed E-state index contributed by atoms with van der Waals surface area (Å²) >= 11 is 0. The smallest absolute Gasteiger partial charge is 0.410 e. The molecule has 0 radical (unpaired) electrons. The number of hydrogen-bond donors (Lipinski definition) is 2. The number of carbonyl (C=O) groups is 2. The number of nitrogens with zero attached hydrogens (tertiary/aromatic N) is 3. The third kappa shape index (κ3) is 5.84. The monoisotopic (exact) mass is 578 g/mol. The number of aliphatic hydroxyl groups is 1. The number of aliphatic hydroxyl groups excluding tert-OH is 1. The van der Waals surface area contributed by atoms with Gasteiger partial charge in [-0.15, -0.1) is 0 Å². The number of imidazole rings is 1. The molecule has 2 aromatic rings. The first kappa shape index (κ1) is 30.6. The van der Waals surface area contributed by atoms with E-state index in [0.717, 1.165) is 63.5 Å². The van der Waals surface area contributed by atoms with Gasteiger partial charge in [0.2, 0.25) is 5.91 Å². The first-order valence-electron chi connectivity index (χ1n) is 16.2. The molecule has 8 nitrogen and oxygen atoms in total. The van der Waals surface area contributed by atoms with Gasteiger partial charge in [-0.25, -0.2) is 9.78 Å². The fourth-order valence-corrected chi connectivity index (χ4v) is 7.85. The van der Waals surface area contributed by atoms with E-state index >= 15 is 0 Å². The Morgan fingerprint density at radius 1 is 1.07 bits per heavy atom. The van der Waals surface area contributed by atoms with Crippen LogP contribution in [-0.2, 0) is 9.53 Å². The highest BCUT2D eigenvalue weighted by Crippen LogP contribution is 2.57. The molecule has 2 bridgehead atoms. The Morgan fingerprint density at radius 2 is 1.76 bits per heavy atom. The van der Waals surface area contributed by atoms with E-state index in [9.17, 15) is 14.7 Å². The van der Waals surface area contributed by atoms with E-state index < -0.39 is 11.7 Å². The Bertz CT molecular complexity index is 1250. The minimum absolute atomic E-state index is 0.0906. The molecule has 2 N–H and O–H groups in total. The number of rotatable bonds is 5. The van der Waals surface area contributed by atoms with E-state index in [1.54, 1.807) is 4.90 Å². The molecule has 230 valence electrons. The van der Waals surface area contributed by atoms with Gasteiger partial charge in [0.15, 0.2) is 0 Å². The molecule has 0 spiro atoms. The maximum Gasteiger partial charge on any atom is 0.410 e. The molecule has 1 aromatic heterocycles. The Balaban J connectivity index is 0.00000173. The van der Waals surface area contributed by atoms with Crippen LogP contribution in [0.15, 0.2) is 36.8 Å². The SMILES string of the molecule is CC.CC(C)(C)OC(=O)N1CCC(NC(=O)C23CCCC(C(O)CC4c5ccccc5-c5cncn54)(CC2)CC3)CC1. The van der Waals surface area contributed by atoms with E-state index in [-0.39, 0.29) is 34.9 Å². The van der Waals surface area contributed by atoms with Crippen LogP contribution < -0.4 is 5.32 Å². The van der Waals surface area contributed by atoms with Gasteiger partial charge in [0.05, 0.1) is 30.4 Å². The third-order valence-electron chi connectivity index (χ3n) is 10.2. The van der Waals surface area contributed by atoms with Crippen LogP contribution in [0.4, 0.5) is 4.79 Å². The molecule has 2 unspecified atom stereocenters. The Kier molecular flexibility index (Phi) is 8.75. The second kappa shape index (κ2) is 12.0. The van der Waals surface area contributed by atoms with Crippen molar-refractivity contribution in [3.8, 4) is 11.3 Å². The fourth-order valence-electron chi connectivity index (χ4n) is 7.85. The van der Waals surface area contributed by atoms with E-state index in [4.69, 9.17) is 4.74 Å². The van der Waals surface area contributed by atoms with Crippen LogP contribution >= 0.6 is 0 Å². The molecule has 8 heteroatoms. The summed E-state index contributed by atoms with van der Waals surface area (Å²) in [5.74, 6) is 0.181. The number of fused-ring (bicyclic) bond motifs is 7. The molecule has 42 heavy (non-hydrogen) atoms. The van der Waals surface area contributed by atoms with Crippen molar-refractivity contribution in [3.05, 3.63) is 42.4 Å². The molecule has 3 saturated carbocycles. The molecule has 7 rings (SSSR count). The van der Waals surface area contributed by atoms with Crippen LogP contribution in [-0.4, -0.2) is 62.4 Å². The minimum atomic E-state index is -0.505. The predicted molar refractivity (Wildman–Crippen MR) is 164 cm³/mol. The van der Waals surface area contributed by atoms with Gasteiger partial charge in [0.25, 0.3) is 0 Å². The van der Waals surface area contributed by atoms with Crippen molar-refractivity contribution in [2.75, 3.05) is 13.1 Å². The van der Waals surface area contributed by atoms with Crippen LogP contribution in [0.5, 0.6) is 0 Å². The minimum Gasteiger partial charge on any atom is -0.444 e. The van der Waals surface area contributed by atoms with Crippen molar-refractivity contribution < 1.29 is 19.4 Å². The number of benzene rings is 1. The highest BCUT2D eigenvalue weighted by molar-refractivity contribution is 5.83. The summed E-state index contributed by atoms with van der Waals surface area (Å²) in [7, 11) is 0. The summed E-state index contributed by atoms with van der Waals surface area (Å²) < 4.78 is 7.74. The zero-order valence-electron chi connectivity index (χ0n) is 26.2. The lowest BCUT2D eigenvalue weighted by molar-refractivity contribution is -0.136. The van der Waals surface area contributed by atoms with E-state index in [1.165, 1.54) is 11.1 Å². The number of likely N-dealkylation sites (tertiary alicyclic amines) is 1. The van der Waals surface area contributed by atoms with E-state index in [2.05, 4.69) is 39.1 Å². The number of nitrogens with one attached hydrogen (secondary N) is 1. The third-order valence-corrected chi connectivity index (χ3v) is 10.2. The summed E-state index contributed by atoms with van der Waals surface area (Å²) in [5.41, 5.74) is 2.64. The number of piperidine rings is 1. The van der Waals surface area contributed by atoms with Crippen molar-refractivity contribution in [3.63, 3.8) is 0 Å². The zero-order chi connectivity index (χ0) is 30.1. The van der Waals surface area contributed by atoms with Crippen molar-refractivity contribution in [1.29, 1.82) is 0 Å². The largest absolute Gasteiger partial charge is 0.444 e. The Labute approximate surface area is 251 Å². The highest BCUT2D eigenvalue weighted by atomic mass is 16.6. The zero-order valence-corrected chi connectivity index (χ0v) is 26.2. The number of ether oxygens (including phenoxy) is 1. The molecule has 2 aliphatic heterocycles. The van der Waals surface area contributed by atoms with Crippen molar-refractivity contribution in [2.24, 2.45) is 10.8 Å². The van der Waals surface area contributed by atoms with Gasteiger partial charge in [-0.2, -0.15) is 0 Å². The van der Waals surface area contributed by atoms with Gasteiger partial charge in [-0.3, -0.25) is 4.79 Å². The number of hydrogen-bond acceptors (Lipinski definition) is 5. The molecule has 1 aromatic carbocycles. The Hall–Kier alpha value is -2.87. The standard InChI is InChI=1S/C32H44N4O4.C2H6/c1-30(2,3)40-29(39)35-17-9-22(10-18-35)34-28(38)32-12-6-11-31(13-15-32,14-16-32)27(37)19-25-23-7-4-5-8-24(23)26-20-33-21-36(25)26;1-2/h4-5,7-8,20-22,25,27,37H,6,9-19H2,1-3H3,(H,34,38);1-2H3. The second-order valence-corrected chi connectivity index (χ2v) is 13.8. The molecule has 4 fully saturated rings. The topological polar surface area (TPSA) is 96.7 Å². The normalized spacial score (nSPS) is 27.7. The molecule has 3 heterocycles. The molecular weight excluding hydrogens is 528 g/mol. The summed E-state index contributed by atoms with van der Waals surface area (Å²) in [5, 5.41) is 15.1. The van der Waals surface area contributed by atoms with Gasteiger partial charge < -0.3 is 24.6 Å². The van der Waals surface area contributed by atoms with Gasteiger partial charge in [0, 0.05) is 30.1 Å². The number of aromatic nitrogens is 2. The molecule has 1 saturated heterocycles.